The van der Waals surface area contributed by atoms with Crippen molar-refractivity contribution in [2.75, 3.05) is 0 Å². The third-order valence-corrected chi connectivity index (χ3v) is 3.73. The molecule has 1 aromatic carbocycles. The summed E-state index contributed by atoms with van der Waals surface area (Å²) in [4.78, 5) is 10.9. The highest BCUT2D eigenvalue weighted by atomic mass is 79.9. The number of carboxylic acid groups (broad SMARTS) is 1. The minimum absolute atomic E-state index is 0.102. The van der Waals surface area contributed by atoms with E-state index in [1.54, 1.807) is 0 Å². The van der Waals surface area contributed by atoms with Crippen LogP contribution in [0.3, 0.4) is 0 Å². The summed E-state index contributed by atoms with van der Waals surface area (Å²) in [6.07, 6.45) is 3.38. The molecule has 0 radical (unpaired) electrons. The number of carboxylic acids is 1. The highest BCUT2D eigenvalue weighted by molar-refractivity contribution is 9.10. The van der Waals surface area contributed by atoms with Crippen LogP contribution in [0.25, 0.3) is 0 Å². The average Bonchev–Trinajstić information content (AvgIpc) is 2.11. The van der Waals surface area contributed by atoms with Crippen LogP contribution in [-0.4, -0.2) is 11.1 Å². The SMILES string of the molecule is O=C(O)CC1(c2cccc(Br)c2)CCC1. The number of benzene rings is 1. The third kappa shape index (κ3) is 2.07. The molecule has 0 bridgehead atoms. The molecule has 2 rings (SSSR count). The number of aliphatic carboxylic acids is 1. The number of rotatable bonds is 3. The predicted molar refractivity (Wildman–Crippen MR) is 61.9 cm³/mol. The van der Waals surface area contributed by atoms with Gasteiger partial charge in [-0.15, -0.1) is 0 Å². The fourth-order valence-electron chi connectivity index (χ4n) is 2.28. The molecular formula is C12H13BrO2. The Morgan fingerprint density at radius 3 is 2.67 bits per heavy atom. The van der Waals surface area contributed by atoms with Gasteiger partial charge in [0.05, 0.1) is 6.42 Å². The van der Waals surface area contributed by atoms with E-state index in [-0.39, 0.29) is 11.8 Å². The second kappa shape index (κ2) is 3.97. The number of carbonyl (C=O) groups is 1. The molecule has 1 aromatic rings. The van der Waals surface area contributed by atoms with Crippen molar-refractivity contribution < 1.29 is 9.90 Å². The zero-order valence-corrected chi connectivity index (χ0v) is 9.96. The molecule has 15 heavy (non-hydrogen) atoms. The van der Waals surface area contributed by atoms with Crippen molar-refractivity contribution in [2.45, 2.75) is 31.1 Å². The van der Waals surface area contributed by atoms with Gasteiger partial charge in [-0.3, -0.25) is 4.79 Å². The van der Waals surface area contributed by atoms with Gasteiger partial charge < -0.3 is 5.11 Å². The summed E-state index contributed by atoms with van der Waals surface area (Å²) in [7, 11) is 0. The predicted octanol–water partition coefficient (Wildman–Crippen LogP) is 3.35. The Labute approximate surface area is 97.4 Å². The summed E-state index contributed by atoms with van der Waals surface area (Å²) in [6, 6.07) is 8.02. The lowest BCUT2D eigenvalue weighted by Gasteiger charge is -2.41. The molecule has 0 heterocycles. The average molecular weight is 269 g/mol. The minimum atomic E-state index is -0.699. The van der Waals surface area contributed by atoms with E-state index < -0.39 is 5.97 Å². The first-order valence-electron chi connectivity index (χ1n) is 5.10. The molecule has 0 aromatic heterocycles. The maximum Gasteiger partial charge on any atom is 0.304 e. The monoisotopic (exact) mass is 268 g/mol. The van der Waals surface area contributed by atoms with Crippen molar-refractivity contribution in [3.63, 3.8) is 0 Å². The molecule has 3 heteroatoms. The van der Waals surface area contributed by atoms with Gasteiger partial charge in [0, 0.05) is 9.89 Å². The van der Waals surface area contributed by atoms with Gasteiger partial charge in [-0.1, -0.05) is 34.5 Å². The lowest BCUT2D eigenvalue weighted by molar-refractivity contribution is -0.139. The summed E-state index contributed by atoms with van der Waals surface area (Å²) < 4.78 is 1.02. The smallest absolute Gasteiger partial charge is 0.304 e. The highest BCUT2D eigenvalue weighted by Gasteiger charge is 2.40. The van der Waals surface area contributed by atoms with Crippen LogP contribution in [0.5, 0.6) is 0 Å². The number of hydrogen-bond acceptors (Lipinski definition) is 1. The molecule has 0 spiro atoms. The summed E-state index contributed by atoms with van der Waals surface area (Å²) in [6.45, 7) is 0. The molecule has 80 valence electrons. The molecule has 2 nitrogen and oxygen atoms in total. The van der Waals surface area contributed by atoms with Gasteiger partial charge in [0.25, 0.3) is 0 Å². The van der Waals surface area contributed by atoms with E-state index in [2.05, 4.69) is 15.9 Å². The summed E-state index contributed by atoms with van der Waals surface area (Å²) >= 11 is 3.43. The van der Waals surface area contributed by atoms with E-state index in [4.69, 9.17) is 5.11 Å². The first kappa shape index (κ1) is 10.7. The first-order chi connectivity index (χ1) is 7.12. The van der Waals surface area contributed by atoms with Crippen LogP contribution in [0, 0.1) is 0 Å². The molecule has 1 N–H and O–H groups in total. The highest BCUT2D eigenvalue weighted by Crippen LogP contribution is 2.46. The van der Waals surface area contributed by atoms with Crippen molar-refractivity contribution in [3.8, 4) is 0 Å². The van der Waals surface area contributed by atoms with Crippen LogP contribution in [0.2, 0.25) is 0 Å². The van der Waals surface area contributed by atoms with Gasteiger partial charge in [-0.25, -0.2) is 0 Å². The lowest BCUT2D eigenvalue weighted by atomic mass is 9.62. The van der Waals surface area contributed by atoms with E-state index >= 15 is 0 Å². The molecule has 0 saturated heterocycles. The molecule has 1 aliphatic carbocycles. The second-order valence-electron chi connectivity index (χ2n) is 4.21. The van der Waals surface area contributed by atoms with Gasteiger partial charge in [-0.05, 0) is 30.5 Å². The quantitative estimate of drug-likeness (QED) is 0.913. The van der Waals surface area contributed by atoms with Gasteiger partial charge >= 0.3 is 5.97 Å². The van der Waals surface area contributed by atoms with E-state index in [0.29, 0.717) is 0 Å². The standard InChI is InChI=1S/C12H13BrO2/c13-10-4-1-3-9(7-10)12(5-2-6-12)8-11(14)15/h1,3-4,7H,2,5-6,8H2,(H,14,15). The van der Waals surface area contributed by atoms with Crippen molar-refractivity contribution >= 4 is 21.9 Å². The summed E-state index contributed by atoms with van der Waals surface area (Å²) in [5.41, 5.74) is 1.06. The Kier molecular flexibility index (Phi) is 2.83. The van der Waals surface area contributed by atoms with Crippen LogP contribution >= 0.6 is 15.9 Å². The largest absolute Gasteiger partial charge is 0.481 e. The summed E-state index contributed by atoms with van der Waals surface area (Å²) in [5, 5.41) is 8.93. The Morgan fingerprint density at radius 2 is 2.20 bits per heavy atom. The molecule has 0 aliphatic heterocycles. The Bertz CT molecular complexity index is 383. The van der Waals surface area contributed by atoms with Crippen LogP contribution < -0.4 is 0 Å². The van der Waals surface area contributed by atoms with Gasteiger partial charge in [-0.2, -0.15) is 0 Å². The van der Waals surface area contributed by atoms with Crippen LogP contribution in [0.1, 0.15) is 31.2 Å². The molecule has 0 unspecified atom stereocenters. The topological polar surface area (TPSA) is 37.3 Å². The van der Waals surface area contributed by atoms with Crippen LogP contribution in [0.15, 0.2) is 28.7 Å². The van der Waals surface area contributed by atoms with E-state index in [0.717, 1.165) is 29.3 Å². The van der Waals surface area contributed by atoms with Gasteiger partial charge in [0.2, 0.25) is 0 Å². The summed E-state index contributed by atoms with van der Waals surface area (Å²) in [5.74, 6) is -0.699. The number of hydrogen-bond donors (Lipinski definition) is 1. The zero-order chi connectivity index (χ0) is 10.9. The number of halogens is 1. The normalized spacial score (nSPS) is 18.2. The lowest BCUT2D eigenvalue weighted by Crippen LogP contribution is -2.36. The Morgan fingerprint density at radius 1 is 1.47 bits per heavy atom. The Balaban J connectivity index is 2.29. The molecule has 0 atom stereocenters. The maximum atomic E-state index is 10.9. The van der Waals surface area contributed by atoms with Crippen molar-refractivity contribution in [1.29, 1.82) is 0 Å². The molecule has 1 saturated carbocycles. The van der Waals surface area contributed by atoms with Gasteiger partial charge in [0.1, 0.15) is 0 Å². The second-order valence-corrected chi connectivity index (χ2v) is 5.13. The van der Waals surface area contributed by atoms with E-state index in [9.17, 15) is 4.79 Å². The fourth-order valence-corrected chi connectivity index (χ4v) is 2.68. The minimum Gasteiger partial charge on any atom is -0.481 e. The van der Waals surface area contributed by atoms with Crippen molar-refractivity contribution in [3.05, 3.63) is 34.3 Å². The van der Waals surface area contributed by atoms with Crippen LogP contribution in [-0.2, 0) is 10.2 Å². The van der Waals surface area contributed by atoms with Crippen molar-refractivity contribution in [2.24, 2.45) is 0 Å². The fraction of sp³-hybridized carbons (Fsp3) is 0.417. The molecular weight excluding hydrogens is 256 g/mol. The first-order valence-corrected chi connectivity index (χ1v) is 5.90. The molecule has 1 fully saturated rings. The Hall–Kier alpha value is -0.830. The zero-order valence-electron chi connectivity index (χ0n) is 8.37. The third-order valence-electron chi connectivity index (χ3n) is 3.24. The molecule has 1 aliphatic rings. The van der Waals surface area contributed by atoms with E-state index in [1.807, 2.05) is 24.3 Å². The van der Waals surface area contributed by atoms with Crippen LogP contribution in [0.4, 0.5) is 0 Å². The maximum absolute atomic E-state index is 10.9. The molecule has 0 amide bonds. The van der Waals surface area contributed by atoms with Crippen molar-refractivity contribution in [1.82, 2.24) is 0 Å². The van der Waals surface area contributed by atoms with E-state index in [1.165, 1.54) is 0 Å². The van der Waals surface area contributed by atoms with Gasteiger partial charge in [0.15, 0.2) is 0 Å².